The van der Waals surface area contributed by atoms with Crippen LogP contribution in [0.3, 0.4) is 0 Å². The summed E-state index contributed by atoms with van der Waals surface area (Å²) in [5.41, 5.74) is 0.889. The van der Waals surface area contributed by atoms with Gasteiger partial charge in [0.05, 0.1) is 21.6 Å². The van der Waals surface area contributed by atoms with Crippen molar-refractivity contribution >= 4 is 45.1 Å². The van der Waals surface area contributed by atoms with Crippen LogP contribution < -0.4 is 4.74 Å². The van der Waals surface area contributed by atoms with Gasteiger partial charge in [0, 0.05) is 22.2 Å². The second kappa shape index (κ2) is 18.8. The van der Waals surface area contributed by atoms with Crippen molar-refractivity contribution in [3.05, 3.63) is 140 Å². The first-order valence-electron chi connectivity index (χ1n) is 16.2. The fourth-order valence-electron chi connectivity index (χ4n) is 5.37. The molecule has 0 spiro atoms. The Bertz CT molecular complexity index is 2080. The molecule has 2 atom stereocenters. The van der Waals surface area contributed by atoms with Crippen LogP contribution in [-0.2, 0) is 27.2 Å². The van der Waals surface area contributed by atoms with Crippen LogP contribution in [0.15, 0.2) is 108 Å². The largest absolute Gasteiger partial charge is 0.457 e. The third kappa shape index (κ3) is 10.6. The quantitative estimate of drug-likeness (QED) is 0.123. The van der Waals surface area contributed by atoms with E-state index in [1.54, 1.807) is 67.6 Å². The summed E-state index contributed by atoms with van der Waals surface area (Å²) in [6.07, 6.45) is -5.67. The maximum Gasteiger partial charge on any atom is 0.432 e. The van der Waals surface area contributed by atoms with Gasteiger partial charge in [-0.3, -0.25) is 4.79 Å². The molecule has 53 heavy (non-hydrogen) atoms. The van der Waals surface area contributed by atoms with Crippen LogP contribution >= 0.6 is 39.1 Å². The van der Waals surface area contributed by atoms with Crippen LogP contribution in [0.25, 0.3) is 11.3 Å². The standard InChI is InChI=1S/C25H22ClNO3.C15H11BrClF3N2O/c1-17(2)24(18-11-13-20(26)14-12-18)25(28)30-23(16-27)19-7-6-10-22(15-19)29-21-8-4-3-5-9-21;1-2-23-8-22-13(9-3-5-10(17)6-4-9)11(7-21)12(16)14(22)15(18,19)20/h3-15,17,23-24H,1-2H3;3-6H,2,8H2,1H3. The smallest absolute Gasteiger partial charge is 0.432 e. The summed E-state index contributed by atoms with van der Waals surface area (Å²) >= 11 is 14.7. The number of ether oxygens (including phenoxy) is 3. The number of halogens is 6. The minimum absolute atomic E-state index is 0.00855. The van der Waals surface area contributed by atoms with Crippen molar-refractivity contribution < 1.29 is 32.2 Å². The Labute approximate surface area is 324 Å². The van der Waals surface area contributed by atoms with E-state index in [9.17, 15) is 28.5 Å². The Morgan fingerprint density at radius 1 is 0.868 bits per heavy atom. The summed E-state index contributed by atoms with van der Waals surface area (Å²) in [4.78, 5) is 13.0. The van der Waals surface area contributed by atoms with Crippen LogP contribution in [-0.4, -0.2) is 17.1 Å². The van der Waals surface area contributed by atoms with E-state index in [-0.39, 0.29) is 35.0 Å². The highest BCUT2D eigenvalue weighted by Gasteiger charge is 2.41. The van der Waals surface area contributed by atoms with E-state index in [2.05, 4.69) is 22.0 Å². The zero-order valence-electron chi connectivity index (χ0n) is 28.7. The monoisotopic (exact) mass is 825 g/mol. The van der Waals surface area contributed by atoms with Crippen LogP contribution in [0.2, 0.25) is 10.0 Å². The van der Waals surface area contributed by atoms with Gasteiger partial charge in [-0.1, -0.05) is 91.6 Å². The Morgan fingerprint density at radius 2 is 1.47 bits per heavy atom. The van der Waals surface area contributed by atoms with Gasteiger partial charge in [-0.25, -0.2) is 0 Å². The number of carbonyl (C=O) groups excluding carboxylic acids is 1. The zero-order valence-corrected chi connectivity index (χ0v) is 31.8. The fraction of sp³-hybridized carbons (Fsp3) is 0.225. The van der Waals surface area contributed by atoms with Crippen molar-refractivity contribution in [1.29, 1.82) is 10.5 Å². The van der Waals surface area contributed by atoms with Gasteiger partial charge in [-0.05, 0) is 88.4 Å². The van der Waals surface area contributed by atoms with E-state index in [0.717, 1.165) is 10.1 Å². The molecule has 0 aliphatic rings. The average Bonchev–Trinajstić information content (AvgIpc) is 3.42. The van der Waals surface area contributed by atoms with Gasteiger partial charge in [-0.15, -0.1) is 0 Å². The highest BCUT2D eigenvalue weighted by Crippen LogP contribution is 2.43. The maximum atomic E-state index is 13.4. The molecule has 0 radical (unpaired) electrons. The molecule has 1 aromatic heterocycles. The lowest BCUT2D eigenvalue weighted by Crippen LogP contribution is -2.22. The van der Waals surface area contributed by atoms with Crippen molar-refractivity contribution in [2.75, 3.05) is 6.61 Å². The number of alkyl halides is 3. The maximum absolute atomic E-state index is 13.4. The van der Waals surface area contributed by atoms with Gasteiger partial charge < -0.3 is 18.8 Å². The van der Waals surface area contributed by atoms with Gasteiger partial charge in [0.2, 0.25) is 6.10 Å². The second-order valence-corrected chi connectivity index (χ2v) is 13.4. The topological polar surface area (TPSA) is 97.3 Å². The normalized spacial score (nSPS) is 12.2. The van der Waals surface area contributed by atoms with Gasteiger partial charge in [0.25, 0.3) is 0 Å². The number of para-hydroxylation sites is 1. The number of esters is 1. The van der Waals surface area contributed by atoms with E-state index in [1.165, 1.54) is 0 Å². The van der Waals surface area contributed by atoms with Gasteiger partial charge in [0.1, 0.15) is 36.1 Å². The Balaban J connectivity index is 0.000000245. The molecule has 0 bridgehead atoms. The lowest BCUT2D eigenvalue weighted by molar-refractivity contribution is -0.150. The molecule has 0 fully saturated rings. The summed E-state index contributed by atoms with van der Waals surface area (Å²) in [6.45, 7) is 5.49. The molecule has 0 aliphatic heterocycles. The highest BCUT2D eigenvalue weighted by molar-refractivity contribution is 9.10. The number of nitrogens with zero attached hydrogens (tertiary/aromatic N) is 3. The summed E-state index contributed by atoms with van der Waals surface area (Å²) in [5.74, 6) is 0.289. The lowest BCUT2D eigenvalue weighted by atomic mass is 9.88. The van der Waals surface area contributed by atoms with E-state index >= 15 is 0 Å². The highest BCUT2D eigenvalue weighted by atomic mass is 79.9. The lowest BCUT2D eigenvalue weighted by Gasteiger charge is -2.22. The molecule has 2 unspecified atom stereocenters. The molecule has 0 N–H and O–H groups in total. The minimum Gasteiger partial charge on any atom is -0.457 e. The fourth-order valence-corrected chi connectivity index (χ4v) is 6.34. The van der Waals surface area contributed by atoms with Crippen molar-refractivity contribution in [2.24, 2.45) is 5.92 Å². The van der Waals surface area contributed by atoms with Gasteiger partial charge in [-0.2, -0.15) is 23.7 Å². The first kappa shape index (κ1) is 41.0. The Morgan fingerprint density at radius 3 is 2.02 bits per heavy atom. The number of benzene rings is 4. The molecular formula is C40H33BrCl2F3N3O4. The zero-order chi connectivity index (χ0) is 38.7. The first-order chi connectivity index (χ1) is 25.3. The van der Waals surface area contributed by atoms with Crippen molar-refractivity contribution in [1.82, 2.24) is 4.57 Å². The molecule has 0 aliphatic carbocycles. The van der Waals surface area contributed by atoms with Crippen molar-refractivity contribution in [2.45, 2.75) is 45.7 Å². The number of nitriles is 2. The molecule has 0 saturated heterocycles. The van der Waals surface area contributed by atoms with Crippen LogP contribution in [0.4, 0.5) is 13.2 Å². The SMILES string of the molecule is CC(C)C(C(=O)OC(C#N)c1cccc(Oc2ccccc2)c1)c1ccc(Cl)cc1.CCOCn1c(-c2ccc(Cl)cc2)c(C#N)c(Br)c1C(F)(F)F. The molecular weight excluding hydrogens is 794 g/mol. The van der Waals surface area contributed by atoms with Crippen LogP contribution in [0, 0.1) is 28.6 Å². The summed E-state index contributed by atoms with van der Waals surface area (Å²) in [5, 5.41) is 20.0. The number of hydrogen-bond acceptors (Lipinski definition) is 6. The Hall–Kier alpha value is -4.78. The summed E-state index contributed by atoms with van der Waals surface area (Å²) in [6, 6.07) is 33.6. The Kier molecular flexibility index (Phi) is 14.5. The number of aromatic nitrogens is 1. The molecule has 5 aromatic rings. The molecule has 5 rings (SSSR count). The van der Waals surface area contributed by atoms with E-state index in [1.807, 2.05) is 62.4 Å². The third-order valence-corrected chi connectivity index (χ3v) is 9.04. The van der Waals surface area contributed by atoms with Gasteiger partial charge >= 0.3 is 12.1 Å². The van der Waals surface area contributed by atoms with Crippen LogP contribution in [0.1, 0.15) is 55.2 Å². The van der Waals surface area contributed by atoms with E-state index in [0.29, 0.717) is 32.7 Å². The van der Waals surface area contributed by atoms with E-state index < -0.39 is 29.9 Å². The number of hydrogen-bond donors (Lipinski definition) is 0. The third-order valence-electron chi connectivity index (χ3n) is 7.77. The number of rotatable bonds is 11. The minimum atomic E-state index is -4.63. The summed E-state index contributed by atoms with van der Waals surface area (Å²) in [7, 11) is 0. The molecule has 1 heterocycles. The predicted octanol–water partition coefficient (Wildman–Crippen LogP) is 12.1. The predicted molar refractivity (Wildman–Crippen MR) is 200 cm³/mol. The molecule has 274 valence electrons. The first-order valence-corrected chi connectivity index (χ1v) is 17.7. The molecule has 0 amide bonds. The number of carbonyl (C=O) groups is 1. The molecule has 13 heteroatoms. The van der Waals surface area contributed by atoms with Crippen molar-refractivity contribution in [3.63, 3.8) is 0 Å². The summed E-state index contributed by atoms with van der Waals surface area (Å²) < 4.78 is 57.5. The van der Waals surface area contributed by atoms with E-state index in [4.69, 9.17) is 37.4 Å². The molecule has 7 nitrogen and oxygen atoms in total. The van der Waals surface area contributed by atoms with Crippen molar-refractivity contribution in [3.8, 4) is 34.9 Å². The average molecular weight is 828 g/mol. The second-order valence-electron chi connectivity index (χ2n) is 11.8. The molecule has 0 saturated carbocycles. The van der Waals surface area contributed by atoms with Gasteiger partial charge in [0.15, 0.2) is 0 Å². The molecule has 4 aromatic carbocycles. The van der Waals surface area contributed by atoms with Crippen LogP contribution in [0.5, 0.6) is 11.5 Å².